The fourth-order valence-electron chi connectivity index (χ4n) is 2.40. The number of hydrogen-bond acceptors (Lipinski definition) is 1. The van der Waals surface area contributed by atoms with Crippen molar-refractivity contribution in [3.8, 4) is 0 Å². The van der Waals surface area contributed by atoms with Gasteiger partial charge in [0.25, 0.3) is 0 Å². The third kappa shape index (κ3) is 0.596. The molecular weight excluding hydrogens is 134 g/mol. The number of fused-ring (bicyclic) bond motifs is 3. The van der Waals surface area contributed by atoms with Gasteiger partial charge in [-0.25, -0.2) is 0 Å². The zero-order valence-corrected chi connectivity index (χ0v) is 6.33. The summed E-state index contributed by atoms with van der Waals surface area (Å²) in [6, 6.07) is 9.17. The van der Waals surface area contributed by atoms with E-state index in [0.29, 0.717) is 12.0 Å². The molecule has 0 radical (unpaired) electrons. The summed E-state index contributed by atoms with van der Waals surface area (Å²) in [6.07, 6.45) is 1.22. The highest BCUT2D eigenvalue weighted by Gasteiger charge is 2.53. The molecule has 2 aliphatic carbocycles. The minimum atomic E-state index is 0.477. The largest absolute Gasteiger partial charge is 0.327 e. The smallest absolute Gasteiger partial charge is 0.0149 e. The summed E-state index contributed by atoms with van der Waals surface area (Å²) >= 11 is 0. The van der Waals surface area contributed by atoms with E-state index >= 15 is 0 Å². The van der Waals surface area contributed by atoms with Crippen LogP contribution in [0.1, 0.15) is 17.0 Å². The molecule has 0 spiro atoms. The normalized spacial score (nSPS) is 38.1. The van der Waals surface area contributed by atoms with Crippen LogP contribution in [-0.2, 0) is 6.42 Å². The Morgan fingerprint density at radius 3 is 3.00 bits per heavy atom. The zero-order chi connectivity index (χ0) is 7.42. The monoisotopic (exact) mass is 145 g/mol. The van der Waals surface area contributed by atoms with E-state index in [1.807, 2.05) is 0 Å². The van der Waals surface area contributed by atoms with E-state index in [9.17, 15) is 0 Å². The van der Waals surface area contributed by atoms with Crippen molar-refractivity contribution in [2.45, 2.75) is 18.4 Å². The van der Waals surface area contributed by atoms with Gasteiger partial charge in [0.05, 0.1) is 0 Å². The average Bonchev–Trinajstić information content (AvgIpc) is 2.55. The molecule has 0 heterocycles. The molecule has 56 valence electrons. The number of hydrogen-bond donors (Lipinski definition) is 1. The first kappa shape index (κ1) is 5.78. The molecule has 1 saturated carbocycles. The second-order valence-corrected chi connectivity index (χ2v) is 3.67. The average molecular weight is 145 g/mol. The third-order valence-electron chi connectivity index (χ3n) is 3.10. The van der Waals surface area contributed by atoms with Gasteiger partial charge in [0.1, 0.15) is 0 Å². The molecule has 2 N–H and O–H groups in total. The summed E-state index contributed by atoms with van der Waals surface area (Å²) in [7, 11) is 0. The SMILES string of the molecule is N[C@@H]1[C@@H]2Cc3ccccc3[C@H]12. The van der Waals surface area contributed by atoms with Gasteiger partial charge < -0.3 is 5.73 Å². The van der Waals surface area contributed by atoms with Crippen molar-refractivity contribution >= 4 is 0 Å². The van der Waals surface area contributed by atoms with Gasteiger partial charge >= 0.3 is 0 Å². The number of benzene rings is 1. The van der Waals surface area contributed by atoms with Crippen molar-refractivity contribution in [3.63, 3.8) is 0 Å². The van der Waals surface area contributed by atoms with Crippen LogP contribution < -0.4 is 5.73 Å². The molecular formula is C10H11N. The molecule has 1 heteroatoms. The molecule has 3 atom stereocenters. The topological polar surface area (TPSA) is 26.0 Å². The van der Waals surface area contributed by atoms with E-state index in [2.05, 4.69) is 24.3 Å². The first-order chi connectivity index (χ1) is 5.38. The highest BCUT2D eigenvalue weighted by atomic mass is 14.8. The maximum absolute atomic E-state index is 5.89. The Balaban J connectivity index is 2.13. The summed E-state index contributed by atoms with van der Waals surface area (Å²) in [6.45, 7) is 0. The van der Waals surface area contributed by atoms with Crippen molar-refractivity contribution in [2.75, 3.05) is 0 Å². The van der Waals surface area contributed by atoms with E-state index in [1.165, 1.54) is 17.5 Å². The second-order valence-electron chi connectivity index (χ2n) is 3.67. The van der Waals surface area contributed by atoms with Crippen molar-refractivity contribution in [3.05, 3.63) is 35.4 Å². The van der Waals surface area contributed by atoms with Crippen LogP contribution in [0, 0.1) is 5.92 Å². The van der Waals surface area contributed by atoms with Crippen LogP contribution in [0.25, 0.3) is 0 Å². The van der Waals surface area contributed by atoms with E-state index in [0.717, 1.165) is 5.92 Å². The predicted octanol–water partition coefficient (Wildman–Crippen LogP) is 1.28. The molecule has 11 heavy (non-hydrogen) atoms. The van der Waals surface area contributed by atoms with Gasteiger partial charge in [-0.2, -0.15) is 0 Å². The lowest BCUT2D eigenvalue weighted by molar-refractivity contribution is 0.801. The molecule has 0 bridgehead atoms. The summed E-state index contributed by atoms with van der Waals surface area (Å²) in [5, 5.41) is 0. The summed E-state index contributed by atoms with van der Waals surface area (Å²) in [4.78, 5) is 0. The van der Waals surface area contributed by atoms with E-state index < -0.39 is 0 Å². The van der Waals surface area contributed by atoms with Gasteiger partial charge in [-0.15, -0.1) is 0 Å². The highest BCUT2D eigenvalue weighted by Crippen LogP contribution is 2.54. The van der Waals surface area contributed by atoms with Crippen molar-refractivity contribution in [1.82, 2.24) is 0 Å². The number of rotatable bonds is 0. The summed E-state index contributed by atoms with van der Waals surface area (Å²) in [5.41, 5.74) is 8.94. The quantitative estimate of drug-likeness (QED) is 0.584. The molecule has 0 unspecified atom stereocenters. The number of nitrogens with two attached hydrogens (primary N) is 1. The summed E-state index contributed by atoms with van der Waals surface area (Å²) < 4.78 is 0. The molecule has 3 rings (SSSR count). The van der Waals surface area contributed by atoms with Gasteiger partial charge in [-0.1, -0.05) is 24.3 Å². The minimum Gasteiger partial charge on any atom is -0.327 e. The fraction of sp³-hybridized carbons (Fsp3) is 0.400. The first-order valence-corrected chi connectivity index (χ1v) is 4.21. The lowest BCUT2D eigenvalue weighted by Crippen LogP contribution is -2.08. The Morgan fingerprint density at radius 2 is 2.09 bits per heavy atom. The van der Waals surface area contributed by atoms with Gasteiger partial charge in [0, 0.05) is 12.0 Å². The molecule has 2 aliphatic rings. The Morgan fingerprint density at radius 1 is 1.27 bits per heavy atom. The van der Waals surface area contributed by atoms with Gasteiger partial charge in [-0.3, -0.25) is 0 Å². The Bertz CT molecular complexity index is 305. The van der Waals surface area contributed by atoms with Crippen LogP contribution in [0.3, 0.4) is 0 Å². The van der Waals surface area contributed by atoms with Crippen LogP contribution in [0.5, 0.6) is 0 Å². The van der Waals surface area contributed by atoms with Crippen LogP contribution >= 0.6 is 0 Å². The molecule has 0 aromatic heterocycles. The van der Waals surface area contributed by atoms with E-state index in [1.54, 1.807) is 0 Å². The van der Waals surface area contributed by atoms with E-state index in [4.69, 9.17) is 5.73 Å². The van der Waals surface area contributed by atoms with Crippen LogP contribution in [-0.4, -0.2) is 6.04 Å². The first-order valence-electron chi connectivity index (χ1n) is 4.21. The lowest BCUT2D eigenvalue weighted by atomic mass is 10.1. The fourth-order valence-corrected chi connectivity index (χ4v) is 2.40. The second kappa shape index (κ2) is 1.67. The van der Waals surface area contributed by atoms with Crippen molar-refractivity contribution in [1.29, 1.82) is 0 Å². The van der Waals surface area contributed by atoms with Gasteiger partial charge in [-0.05, 0) is 23.5 Å². The predicted molar refractivity (Wildman–Crippen MR) is 44.4 cm³/mol. The molecule has 1 fully saturated rings. The molecule has 1 aromatic carbocycles. The van der Waals surface area contributed by atoms with Gasteiger partial charge in [0.15, 0.2) is 0 Å². The highest BCUT2D eigenvalue weighted by molar-refractivity contribution is 5.44. The van der Waals surface area contributed by atoms with Crippen LogP contribution in [0.4, 0.5) is 0 Å². The lowest BCUT2D eigenvalue weighted by Gasteiger charge is -2.02. The molecule has 0 saturated heterocycles. The molecule has 1 aromatic rings. The van der Waals surface area contributed by atoms with Gasteiger partial charge in [0.2, 0.25) is 0 Å². The molecule has 0 aliphatic heterocycles. The van der Waals surface area contributed by atoms with Crippen LogP contribution in [0.2, 0.25) is 0 Å². The van der Waals surface area contributed by atoms with Crippen molar-refractivity contribution < 1.29 is 0 Å². The minimum absolute atomic E-state index is 0.477. The molecule has 1 nitrogen and oxygen atoms in total. The maximum Gasteiger partial charge on any atom is 0.0149 e. The Kier molecular flexibility index (Phi) is 0.878. The standard InChI is InChI=1S/C10H11N/c11-10-8-5-6-3-1-2-4-7(6)9(8)10/h1-4,8-10H,5,11H2/t8-,9+,10-/m1/s1. The Hall–Kier alpha value is -0.820. The third-order valence-corrected chi connectivity index (χ3v) is 3.10. The molecule has 0 amide bonds. The van der Waals surface area contributed by atoms with Crippen LogP contribution in [0.15, 0.2) is 24.3 Å². The Labute approximate surface area is 66.2 Å². The van der Waals surface area contributed by atoms with E-state index in [-0.39, 0.29) is 0 Å². The maximum atomic E-state index is 5.89. The van der Waals surface area contributed by atoms with Crippen molar-refractivity contribution in [2.24, 2.45) is 11.7 Å². The zero-order valence-electron chi connectivity index (χ0n) is 6.33. The summed E-state index contributed by atoms with van der Waals surface area (Å²) in [5.74, 6) is 1.50.